The fourth-order valence-electron chi connectivity index (χ4n) is 3.40. The van der Waals surface area contributed by atoms with Crippen molar-refractivity contribution in [3.63, 3.8) is 0 Å². The molecule has 1 heterocycles. The van der Waals surface area contributed by atoms with Crippen LogP contribution in [0, 0.1) is 11.8 Å². The van der Waals surface area contributed by atoms with Gasteiger partial charge in [0.2, 0.25) is 5.95 Å². The van der Waals surface area contributed by atoms with Crippen LogP contribution in [0.3, 0.4) is 0 Å². The third-order valence-corrected chi connectivity index (χ3v) is 7.10. The molecule has 184 valence electrons. The van der Waals surface area contributed by atoms with Crippen LogP contribution >= 0.6 is 7.60 Å². The maximum Gasteiger partial charge on any atom is 0.361 e. The standard InChI is InChI=1S/C25H29N4O5P/c1-5-33-35(30,34-6-2)21-11-8-17(9-12-21)7-10-19-13-18(15-22(31-3)23(19)32-4)14-20-16-28-25(27)29-24(20)26/h8-9,11-13,15-16H,5-6,14H2,1-4H3,(H4,26,27,28,29). The first-order valence-electron chi connectivity index (χ1n) is 11.0. The van der Waals surface area contributed by atoms with Gasteiger partial charge in [0.25, 0.3) is 0 Å². The van der Waals surface area contributed by atoms with Crippen LogP contribution in [0.25, 0.3) is 0 Å². The maximum absolute atomic E-state index is 13.0. The highest BCUT2D eigenvalue weighted by molar-refractivity contribution is 7.62. The number of methoxy groups -OCH3 is 2. The average Bonchev–Trinajstić information content (AvgIpc) is 2.84. The first-order chi connectivity index (χ1) is 16.8. The zero-order valence-corrected chi connectivity index (χ0v) is 21.1. The van der Waals surface area contributed by atoms with Gasteiger partial charge in [-0.05, 0) is 55.8 Å². The zero-order valence-electron chi connectivity index (χ0n) is 20.2. The molecule has 3 rings (SSSR count). The number of ether oxygens (including phenoxy) is 2. The van der Waals surface area contributed by atoms with Crippen LogP contribution in [-0.4, -0.2) is 37.4 Å². The minimum Gasteiger partial charge on any atom is -0.493 e. The summed E-state index contributed by atoms with van der Waals surface area (Å²) >= 11 is 0. The summed E-state index contributed by atoms with van der Waals surface area (Å²) in [4.78, 5) is 8.04. The molecular formula is C25H29N4O5P. The third-order valence-electron chi connectivity index (χ3n) is 4.97. The topological polar surface area (TPSA) is 132 Å². The van der Waals surface area contributed by atoms with Crippen LogP contribution in [0.4, 0.5) is 11.8 Å². The molecule has 0 spiro atoms. The van der Waals surface area contributed by atoms with Gasteiger partial charge in [-0.15, -0.1) is 0 Å². The fraction of sp³-hybridized carbons (Fsp3) is 0.280. The van der Waals surface area contributed by atoms with Gasteiger partial charge in [-0.2, -0.15) is 4.98 Å². The second-order valence-corrected chi connectivity index (χ2v) is 9.35. The van der Waals surface area contributed by atoms with Crippen molar-refractivity contribution in [3.05, 3.63) is 64.8 Å². The van der Waals surface area contributed by atoms with Crippen LogP contribution in [0.5, 0.6) is 11.5 Å². The lowest BCUT2D eigenvalue weighted by molar-refractivity contribution is 0.230. The van der Waals surface area contributed by atoms with Crippen molar-refractivity contribution in [2.75, 3.05) is 38.9 Å². The number of nitrogens with two attached hydrogens (primary N) is 2. The minimum atomic E-state index is -3.35. The average molecular weight is 497 g/mol. The number of hydrogen-bond donors (Lipinski definition) is 2. The van der Waals surface area contributed by atoms with Gasteiger partial charge in [-0.25, -0.2) is 4.98 Å². The molecule has 0 atom stereocenters. The van der Waals surface area contributed by atoms with Crippen LogP contribution in [-0.2, 0) is 20.0 Å². The Morgan fingerprint density at radius 1 is 0.971 bits per heavy atom. The summed E-state index contributed by atoms with van der Waals surface area (Å²) in [6, 6.07) is 10.7. The summed E-state index contributed by atoms with van der Waals surface area (Å²) in [5, 5.41) is 0.483. The highest BCUT2D eigenvalue weighted by atomic mass is 31.2. The normalized spacial score (nSPS) is 11.0. The van der Waals surface area contributed by atoms with Crippen LogP contribution in [0.2, 0.25) is 0 Å². The zero-order chi connectivity index (χ0) is 25.4. The highest BCUT2D eigenvalue weighted by Crippen LogP contribution is 2.46. The number of aromatic nitrogens is 2. The number of benzene rings is 2. The molecule has 0 saturated carbocycles. The lowest BCUT2D eigenvalue weighted by atomic mass is 10.0. The summed E-state index contributed by atoms with van der Waals surface area (Å²) in [5.41, 5.74) is 14.6. The van der Waals surface area contributed by atoms with Crippen molar-refractivity contribution in [2.24, 2.45) is 0 Å². The number of nitrogen functional groups attached to an aromatic ring is 2. The molecule has 0 saturated heterocycles. The van der Waals surface area contributed by atoms with Crippen molar-refractivity contribution in [3.8, 4) is 23.3 Å². The Morgan fingerprint density at radius 2 is 1.66 bits per heavy atom. The monoisotopic (exact) mass is 496 g/mol. The Morgan fingerprint density at radius 3 is 2.23 bits per heavy atom. The van der Waals surface area contributed by atoms with Crippen molar-refractivity contribution in [1.29, 1.82) is 0 Å². The summed E-state index contributed by atoms with van der Waals surface area (Å²) in [7, 11) is -0.232. The predicted molar refractivity (Wildman–Crippen MR) is 136 cm³/mol. The van der Waals surface area contributed by atoms with Gasteiger partial charge in [0, 0.05) is 23.7 Å². The molecule has 0 unspecified atom stereocenters. The Balaban J connectivity index is 1.94. The quantitative estimate of drug-likeness (QED) is 0.337. The first-order valence-corrected chi connectivity index (χ1v) is 12.5. The molecule has 0 fully saturated rings. The molecule has 0 bridgehead atoms. The minimum absolute atomic E-state index is 0.120. The Kier molecular flexibility index (Phi) is 8.72. The van der Waals surface area contributed by atoms with E-state index in [9.17, 15) is 4.57 Å². The molecule has 10 heteroatoms. The molecule has 0 aliphatic heterocycles. The molecule has 0 amide bonds. The maximum atomic E-state index is 13.0. The molecule has 0 aliphatic rings. The number of hydrogen-bond acceptors (Lipinski definition) is 9. The van der Waals surface area contributed by atoms with Gasteiger partial charge >= 0.3 is 7.60 Å². The summed E-state index contributed by atoms with van der Waals surface area (Å²) in [5.74, 6) is 7.75. The van der Waals surface area contributed by atoms with Crippen molar-refractivity contribution in [1.82, 2.24) is 9.97 Å². The van der Waals surface area contributed by atoms with Crippen LogP contribution < -0.4 is 26.2 Å². The van der Waals surface area contributed by atoms with Gasteiger partial charge in [0.15, 0.2) is 11.5 Å². The van der Waals surface area contributed by atoms with E-state index >= 15 is 0 Å². The Bertz CT molecular complexity index is 1280. The van der Waals surface area contributed by atoms with Crippen molar-refractivity contribution < 1.29 is 23.1 Å². The van der Waals surface area contributed by atoms with Gasteiger partial charge < -0.3 is 30.0 Å². The number of nitrogens with zero attached hydrogens (tertiary/aromatic N) is 2. The summed E-state index contributed by atoms with van der Waals surface area (Å²) in [6.07, 6.45) is 2.06. The summed E-state index contributed by atoms with van der Waals surface area (Å²) in [6.45, 7) is 4.11. The first kappa shape index (κ1) is 26.0. The van der Waals surface area contributed by atoms with Gasteiger partial charge in [-0.3, -0.25) is 4.57 Å². The second kappa shape index (κ2) is 11.7. The molecular weight excluding hydrogens is 467 g/mol. The number of anilines is 2. The third kappa shape index (κ3) is 6.31. The van der Waals surface area contributed by atoms with Crippen LogP contribution in [0.15, 0.2) is 42.6 Å². The molecule has 35 heavy (non-hydrogen) atoms. The SMILES string of the molecule is CCOP(=O)(OCC)c1ccc(C#Cc2cc(Cc3cnc(N)nc3N)cc(OC)c2OC)cc1. The smallest absolute Gasteiger partial charge is 0.361 e. The van der Waals surface area contributed by atoms with Crippen molar-refractivity contribution >= 4 is 24.7 Å². The van der Waals surface area contributed by atoms with Gasteiger partial charge in [0.05, 0.1) is 38.3 Å². The Hall–Kier alpha value is -3.57. The lowest BCUT2D eigenvalue weighted by Gasteiger charge is -2.16. The predicted octanol–water partition coefficient (Wildman–Crippen LogP) is 3.54. The summed E-state index contributed by atoms with van der Waals surface area (Å²) < 4.78 is 34.8. The lowest BCUT2D eigenvalue weighted by Crippen LogP contribution is -2.10. The molecule has 2 aromatic carbocycles. The van der Waals surface area contributed by atoms with E-state index in [2.05, 4.69) is 21.8 Å². The van der Waals surface area contributed by atoms with E-state index in [0.29, 0.717) is 34.6 Å². The van der Waals surface area contributed by atoms with E-state index in [4.69, 9.17) is 30.0 Å². The van der Waals surface area contributed by atoms with E-state index in [-0.39, 0.29) is 19.2 Å². The van der Waals surface area contributed by atoms with E-state index < -0.39 is 7.60 Å². The largest absolute Gasteiger partial charge is 0.493 e. The van der Waals surface area contributed by atoms with Gasteiger partial charge in [-0.1, -0.05) is 11.8 Å². The van der Waals surface area contributed by atoms with Crippen molar-refractivity contribution in [2.45, 2.75) is 20.3 Å². The van der Waals surface area contributed by atoms with E-state index in [1.165, 1.54) is 0 Å². The van der Waals surface area contributed by atoms with Gasteiger partial charge in [0.1, 0.15) is 5.82 Å². The molecule has 0 aliphatic carbocycles. The van der Waals surface area contributed by atoms with E-state index in [0.717, 1.165) is 16.7 Å². The Labute approximate surface area is 205 Å². The highest BCUT2D eigenvalue weighted by Gasteiger charge is 2.26. The molecule has 0 radical (unpaired) electrons. The van der Waals surface area contributed by atoms with E-state index in [1.807, 2.05) is 12.1 Å². The van der Waals surface area contributed by atoms with E-state index in [1.54, 1.807) is 58.5 Å². The molecule has 3 aromatic rings. The molecule has 4 N–H and O–H groups in total. The fourth-order valence-corrected chi connectivity index (χ4v) is 4.97. The number of rotatable bonds is 9. The van der Waals surface area contributed by atoms with Crippen LogP contribution in [0.1, 0.15) is 36.1 Å². The second-order valence-electron chi connectivity index (χ2n) is 7.32. The molecule has 1 aromatic heterocycles. The molecule has 9 nitrogen and oxygen atoms in total.